The van der Waals surface area contributed by atoms with Crippen molar-refractivity contribution in [1.82, 2.24) is 14.7 Å². The van der Waals surface area contributed by atoms with Crippen molar-refractivity contribution in [1.29, 1.82) is 0 Å². The highest BCUT2D eigenvalue weighted by Crippen LogP contribution is 2.41. The summed E-state index contributed by atoms with van der Waals surface area (Å²) in [5.41, 5.74) is 0.669. The minimum absolute atomic E-state index is 0.00727. The summed E-state index contributed by atoms with van der Waals surface area (Å²) in [6, 6.07) is 9.20. The Morgan fingerprint density at radius 3 is 2.03 bits per heavy atom. The molecule has 2 aliphatic heterocycles. The average Bonchev–Trinajstić information content (AvgIpc) is 3.17. The van der Waals surface area contributed by atoms with E-state index in [0.29, 0.717) is 37.7 Å². The number of fused-ring (bicyclic) bond motifs is 1. The number of amides is 3. The van der Waals surface area contributed by atoms with Gasteiger partial charge in [-0.25, -0.2) is 0 Å². The van der Waals surface area contributed by atoms with Crippen molar-refractivity contribution in [2.45, 2.75) is 63.5 Å². The smallest absolute Gasteiger partial charge is 0.254 e. The molecule has 31 heavy (non-hydrogen) atoms. The van der Waals surface area contributed by atoms with Crippen molar-refractivity contribution in [2.24, 2.45) is 11.8 Å². The molecule has 2 saturated heterocycles. The van der Waals surface area contributed by atoms with Crippen LogP contribution in [-0.4, -0.2) is 70.7 Å². The normalized spacial score (nSPS) is 28.8. The molecule has 2 aliphatic carbocycles. The number of carbonyl (C=O) groups excluding carboxylic acids is 3. The lowest BCUT2D eigenvalue weighted by atomic mass is 9.84. The fourth-order valence-electron chi connectivity index (χ4n) is 5.97. The van der Waals surface area contributed by atoms with E-state index in [0.717, 1.165) is 44.9 Å². The van der Waals surface area contributed by atoms with Crippen LogP contribution in [-0.2, 0) is 9.59 Å². The Hall–Kier alpha value is -2.37. The van der Waals surface area contributed by atoms with Crippen molar-refractivity contribution in [2.75, 3.05) is 26.2 Å². The maximum Gasteiger partial charge on any atom is 0.254 e. The lowest BCUT2D eigenvalue weighted by Crippen LogP contribution is -2.57. The third-order valence-corrected chi connectivity index (χ3v) is 7.99. The number of hydrogen-bond donors (Lipinski definition) is 0. The van der Waals surface area contributed by atoms with Crippen LogP contribution in [0.3, 0.4) is 0 Å². The number of rotatable bonds is 3. The molecule has 1 aromatic rings. The summed E-state index contributed by atoms with van der Waals surface area (Å²) < 4.78 is 0. The predicted octanol–water partition coefficient (Wildman–Crippen LogP) is 2.93. The van der Waals surface area contributed by atoms with Crippen molar-refractivity contribution < 1.29 is 14.4 Å². The first kappa shape index (κ1) is 20.5. The van der Waals surface area contributed by atoms with Gasteiger partial charge >= 0.3 is 0 Å². The summed E-state index contributed by atoms with van der Waals surface area (Å²) in [6.07, 6.45) is 8.39. The Morgan fingerprint density at radius 2 is 1.39 bits per heavy atom. The largest absolute Gasteiger partial charge is 0.339 e. The van der Waals surface area contributed by atoms with Gasteiger partial charge in [-0.15, -0.1) is 0 Å². The molecule has 0 N–H and O–H groups in total. The van der Waals surface area contributed by atoms with Gasteiger partial charge in [-0.05, 0) is 50.2 Å². The SMILES string of the molecule is O=C(C1CCC1)N1CCN(C(=O)C2CC3CCCCC3N2C(=O)c2ccccc2)CC1. The van der Waals surface area contributed by atoms with E-state index in [4.69, 9.17) is 0 Å². The number of benzene rings is 1. The van der Waals surface area contributed by atoms with Gasteiger partial charge in [0.1, 0.15) is 6.04 Å². The molecule has 6 heteroatoms. The molecule has 0 radical (unpaired) electrons. The van der Waals surface area contributed by atoms with Gasteiger partial charge in [0, 0.05) is 43.7 Å². The number of hydrogen-bond acceptors (Lipinski definition) is 3. The highest BCUT2D eigenvalue weighted by atomic mass is 16.2. The van der Waals surface area contributed by atoms with Crippen LogP contribution in [0.2, 0.25) is 0 Å². The van der Waals surface area contributed by atoms with Crippen LogP contribution in [0.1, 0.15) is 61.7 Å². The van der Waals surface area contributed by atoms with Crippen LogP contribution < -0.4 is 0 Å². The Bertz CT molecular complexity index is 830. The van der Waals surface area contributed by atoms with E-state index in [1.807, 2.05) is 45.0 Å². The quantitative estimate of drug-likeness (QED) is 0.751. The van der Waals surface area contributed by atoms with E-state index in [-0.39, 0.29) is 35.7 Å². The first-order valence-electron chi connectivity index (χ1n) is 12.1. The van der Waals surface area contributed by atoms with E-state index < -0.39 is 0 Å². The average molecular weight is 424 g/mol. The number of carbonyl (C=O) groups is 3. The Morgan fingerprint density at radius 1 is 0.742 bits per heavy atom. The van der Waals surface area contributed by atoms with Crippen LogP contribution >= 0.6 is 0 Å². The molecule has 3 unspecified atom stereocenters. The van der Waals surface area contributed by atoms with Crippen LogP contribution in [0.15, 0.2) is 30.3 Å². The molecular weight excluding hydrogens is 390 g/mol. The molecule has 6 nitrogen and oxygen atoms in total. The van der Waals surface area contributed by atoms with Crippen molar-refractivity contribution in [3.05, 3.63) is 35.9 Å². The second-order valence-corrected chi connectivity index (χ2v) is 9.72. The summed E-state index contributed by atoms with van der Waals surface area (Å²) in [7, 11) is 0. The minimum Gasteiger partial charge on any atom is -0.339 e. The van der Waals surface area contributed by atoms with Crippen molar-refractivity contribution in [3.8, 4) is 0 Å². The highest BCUT2D eigenvalue weighted by molar-refractivity contribution is 5.98. The summed E-state index contributed by atoms with van der Waals surface area (Å²) >= 11 is 0. The summed E-state index contributed by atoms with van der Waals surface area (Å²) in [6.45, 7) is 2.40. The molecule has 166 valence electrons. The topological polar surface area (TPSA) is 60.9 Å². The van der Waals surface area contributed by atoms with E-state index in [9.17, 15) is 14.4 Å². The molecule has 0 bridgehead atoms. The van der Waals surface area contributed by atoms with E-state index in [1.165, 1.54) is 6.42 Å². The Balaban J connectivity index is 1.29. The fraction of sp³-hybridized carbons (Fsp3) is 0.640. The second-order valence-electron chi connectivity index (χ2n) is 9.72. The molecule has 0 spiro atoms. The third-order valence-electron chi connectivity index (χ3n) is 7.99. The maximum atomic E-state index is 13.6. The van der Waals surface area contributed by atoms with Gasteiger partial charge in [0.25, 0.3) is 5.91 Å². The molecular formula is C25H33N3O3. The van der Waals surface area contributed by atoms with Crippen LogP contribution in [0.25, 0.3) is 0 Å². The number of likely N-dealkylation sites (tertiary alicyclic amines) is 1. The van der Waals surface area contributed by atoms with Crippen LogP contribution in [0.5, 0.6) is 0 Å². The van der Waals surface area contributed by atoms with Gasteiger partial charge in [0.15, 0.2) is 0 Å². The fourth-order valence-corrected chi connectivity index (χ4v) is 5.97. The molecule has 2 heterocycles. The predicted molar refractivity (Wildman–Crippen MR) is 117 cm³/mol. The first-order valence-corrected chi connectivity index (χ1v) is 12.1. The van der Waals surface area contributed by atoms with E-state index in [2.05, 4.69) is 0 Å². The monoisotopic (exact) mass is 423 g/mol. The summed E-state index contributed by atoms with van der Waals surface area (Å²) in [5.74, 6) is 0.976. The number of piperazine rings is 1. The van der Waals surface area contributed by atoms with Crippen LogP contribution in [0.4, 0.5) is 0 Å². The standard InChI is InChI=1S/C25H33N3O3/c29-23(18-10-6-11-18)26-13-15-27(16-14-26)25(31)22-17-20-9-4-5-12-21(20)28(22)24(30)19-7-2-1-3-8-19/h1-3,7-8,18,20-22H,4-6,9-17H2. The molecule has 2 saturated carbocycles. The highest BCUT2D eigenvalue weighted by Gasteiger charge is 2.48. The van der Waals surface area contributed by atoms with Gasteiger partial charge < -0.3 is 14.7 Å². The number of nitrogens with zero attached hydrogens (tertiary/aromatic N) is 3. The molecule has 1 aromatic carbocycles. The zero-order valence-corrected chi connectivity index (χ0v) is 18.2. The lowest BCUT2D eigenvalue weighted by Gasteiger charge is -2.40. The van der Waals surface area contributed by atoms with E-state index >= 15 is 0 Å². The third kappa shape index (κ3) is 3.85. The Labute approximate surface area is 184 Å². The molecule has 3 amide bonds. The van der Waals surface area contributed by atoms with Gasteiger partial charge in [-0.1, -0.05) is 37.5 Å². The van der Waals surface area contributed by atoms with Gasteiger partial charge in [-0.3, -0.25) is 14.4 Å². The first-order chi connectivity index (χ1) is 15.1. The lowest BCUT2D eigenvalue weighted by molar-refractivity contribution is -0.145. The summed E-state index contributed by atoms with van der Waals surface area (Å²) in [5, 5.41) is 0. The van der Waals surface area contributed by atoms with E-state index in [1.54, 1.807) is 0 Å². The maximum absolute atomic E-state index is 13.6. The molecule has 5 rings (SSSR count). The van der Waals surface area contributed by atoms with Crippen LogP contribution in [0, 0.1) is 11.8 Å². The minimum atomic E-state index is -0.366. The zero-order valence-electron chi connectivity index (χ0n) is 18.2. The van der Waals surface area contributed by atoms with Gasteiger partial charge in [-0.2, -0.15) is 0 Å². The van der Waals surface area contributed by atoms with Gasteiger partial charge in [0.05, 0.1) is 0 Å². The summed E-state index contributed by atoms with van der Waals surface area (Å²) in [4.78, 5) is 45.4. The molecule has 4 fully saturated rings. The zero-order chi connectivity index (χ0) is 21.4. The molecule has 0 aromatic heterocycles. The molecule has 4 aliphatic rings. The second kappa shape index (κ2) is 8.64. The van der Waals surface area contributed by atoms with Crippen molar-refractivity contribution >= 4 is 17.7 Å². The molecule has 3 atom stereocenters. The van der Waals surface area contributed by atoms with Gasteiger partial charge in [0.2, 0.25) is 11.8 Å². The van der Waals surface area contributed by atoms with Crippen molar-refractivity contribution in [3.63, 3.8) is 0 Å². The Kier molecular flexibility index (Phi) is 5.72.